The van der Waals surface area contributed by atoms with Gasteiger partial charge in [0.05, 0.1) is 0 Å². The molecule has 2 rings (SSSR count). The highest BCUT2D eigenvalue weighted by Crippen LogP contribution is 2.12. The summed E-state index contributed by atoms with van der Waals surface area (Å²) in [5, 5.41) is 2.86. The van der Waals surface area contributed by atoms with Crippen molar-refractivity contribution in [3.05, 3.63) is 45.4 Å². The van der Waals surface area contributed by atoms with Crippen molar-refractivity contribution >= 4 is 39.4 Å². The molecule has 2 heterocycles. The van der Waals surface area contributed by atoms with Crippen molar-refractivity contribution in [3.63, 3.8) is 0 Å². The van der Waals surface area contributed by atoms with E-state index in [0.717, 1.165) is 0 Å². The van der Waals surface area contributed by atoms with Crippen molar-refractivity contribution in [1.29, 1.82) is 0 Å². The Morgan fingerprint density at radius 2 is 2.17 bits per heavy atom. The Morgan fingerprint density at radius 3 is 2.83 bits per heavy atom. The zero-order valence-electron chi connectivity index (χ0n) is 9.32. The molecule has 0 aliphatic carbocycles. The number of aromatic nitrogens is 3. The molecule has 0 aliphatic heterocycles. The van der Waals surface area contributed by atoms with E-state index in [2.05, 4.69) is 36.2 Å². The zero-order valence-corrected chi connectivity index (χ0v) is 11.7. The Balaban J connectivity index is 2.21. The predicted molar refractivity (Wildman–Crippen MR) is 71.7 cm³/mol. The lowest BCUT2D eigenvalue weighted by molar-refractivity contribution is 0.102. The first kappa shape index (κ1) is 12.9. The zero-order chi connectivity index (χ0) is 13.1. The number of halogens is 2. The van der Waals surface area contributed by atoms with E-state index >= 15 is 0 Å². The van der Waals surface area contributed by atoms with E-state index < -0.39 is 0 Å². The fourth-order valence-corrected chi connectivity index (χ4v) is 1.91. The molecule has 0 aliphatic rings. The fourth-order valence-electron chi connectivity index (χ4n) is 1.30. The molecule has 7 heteroatoms. The number of carbonyl (C=O) groups excluding carboxylic acids is 1. The van der Waals surface area contributed by atoms with Crippen LogP contribution in [0, 0.1) is 6.92 Å². The third-order valence-corrected chi connectivity index (χ3v) is 2.66. The van der Waals surface area contributed by atoms with Gasteiger partial charge in [-0.15, -0.1) is 0 Å². The van der Waals surface area contributed by atoms with Crippen LogP contribution in [-0.2, 0) is 0 Å². The molecular weight excluding hydrogens is 320 g/mol. The number of pyridine rings is 1. The van der Waals surface area contributed by atoms with Gasteiger partial charge in [0.15, 0.2) is 0 Å². The summed E-state index contributed by atoms with van der Waals surface area (Å²) in [6.45, 7) is 1.77. The summed E-state index contributed by atoms with van der Waals surface area (Å²) >= 11 is 8.98. The van der Waals surface area contributed by atoms with Crippen LogP contribution in [0.4, 0.5) is 5.95 Å². The normalized spacial score (nSPS) is 10.2. The second-order valence-corrected chi connectivity index (χ2v) is 4.68. The second kappa shape index (κ2) is 5.41. The van der Waals surface area contributed by atoms with Crippen LogP contribution in [0.3, 0.4) is 0 Å². The van der Waals surface area contributed by atoms with Gasteiger partial charge in [-0.25, -0.2) is 15.0 Å². The third kappa shape index (κ3) is 3.24. The van der Waals surface area contributed by atoms with E-state index in [1.807, 2.05) is 0 Å². The summed E-state index contributed by atoms with van der Waals surface area (Å²) in [6, 6.07) is 4.81. The molecule has 2 aromatic rings. The van der Waals surface area contributed by atoms with Crippen LogP contribution < -0.4 is 5.32 Å². The van der Waals surface area contributed by atoms with Crippen molar-refractivity contribution in [2.24, 2.45) is 0 Å². The maximum absolute atomic E-state index is 11.9. The van der Waals surface area contributed by atoms with E-state index in [1.165, 1.54) is 6.20 Å². The van der Waals surface area contributed by atoms with Crippen LogP contribution in [0.1, 0.15) is 16.1 Å². The molecule has 18 heavy (non-hydrogen) atoms. The van der Waals surface area contributed by atoms with Gasteiger partial charge in [-0.2, -0.15) is 0 Å². The third-order valence-electron chi connectivity index (χ3n) is 2.04. The molecule has 0 atom stereocenters. The molecule has 5 nitrogen and oxygen atoms in total. The highest BCUT2D eigenvalue weighted by Gasteiger charge is 2.09. The maximum Gasteiger partial charge on any atom is 0.258 e. The molecule has 0 fully saturated rings. The van der Waals surface area contributed by atoms with Gasteiger partial charge in [0.25, 0.3) is 5.91 Å². The van der Waals surface area contributed by atoms with Gasteiger partial charge in [0.1, 0.15) is 9.76 Å². The molecular formula is C11H8BrClN4O. The average molecular weight is 328 g/mol. The van der Waals surface area contributed by atoms with Gasteiger partial charge in [0.2, 0.25) is 5.95 Å². The minimum atomic E-state index is -0.320. The molecule has 0 aromatic carbocycles. The molecule has 2 aromatic heterocycles. The summed E-state index contributed by atoms with van der Waals surface area (Å²) in [7, 11) is 0. The number of carbonyl (C=O) groups is 1. The van der Waals surface area contributed by atoms with Crippen LogP contribution in [0.5, 0.6) is 0 Å². The molecule has 0 saturated carbocycles. The fraction of sp³-hybridized carbons (Fsp3) is 0.0909. The molecule has 0 spiro atoms. The second-order valence-electron chi connectivity index (χ2n) is 3.48. The van der Waals surface area contributed by atoms with Crippen LogP contribution in [0.15, 0.2) is 29.0 Å². The SMILES string of the molecule is Cc1cc(Cl)nc(NC(=O)c2ccnc(Br)c2)n1. The summed E-state index contributed by atoms with van der Waals surface area (Å²) in [5.41, 5.74) is 1.14. The van der Waals surface area contributed by atoms with Crippen LogP contribution in [-0.4, -0.2) is 20.9 Å². The van der Waals surface area contributed by atoms with Crippen molar-refractivity contribution in [3.8, 4) is 0 Å². The lowest BCUT2D eigenvalue weighted by atomic mass is 10.2. The van der Waals surface area contributed by atoms with E-state index in [4.69, 9.17) is 11.6 Å². The first-order valence-electron chi connectivity index (χ1n) is 4.99. The summed E-state index contributed by atoms with van der Waals surface area (Å²) in [5.74, 6) is -0.141. The Bertz CT molecular complexity index is 585. The van der Waals surface area contributed by atoms with E-state index in [9.17, 15) is 4.79 Å². The van der Waals surface area contributed by atoms with Crippen molar-refractivity contribution in [2.45, 2.75) is 6.92 Å². The Morgan fingerprint density at radius 1 is 1.39 bits per heavy atom. The maximum atomic E-state index is 11.9. The van der Waals surface area contributed by atoms with Gasteiger partial charge in [-0.05, 0) is 41.1 Å². The molecule has 0 bridgehead atoms. The van der Waals surface area contributed by atoms with E-state index in [0.29, 0.717) is 15.9 Å². The molecule has 0 radical (unpaired) electrons. The average Bonchev–Trinajstić information content (AvgIpc) is 2.27. The number of anilines is 1. The topological polar surface area (TPSA) is 67.8 Å². The summed E-state index contributed by atoms with van der Waals surface area (Å²) in [4.78, 5) is 23.8. The molecule has 1 amide bonds. The number of amides is 1. The lowest BCUT2D eigenvalue weighted by Gasteiger charge is -2.04. The van der Waals surface area contributed by atoms with Gasteiger partial charge >= 0.3 is 0 Å². The Labute approximate surface area is 117 Å². The van der Waals surface area contributed by atoms with Gasteiger partial charge in [-0.1, -0.05) is 11.6 Å². The molecule has 92 valence electrons. The number of nitrogens with one attached hydrogen (secondary N) is 1. The first-order chi connectivity index (χ1) is 8.54. The molecule has 1 N–H and O–H groups in total. The van der Waals surface area contributed by atoms with Crippen LogP contribution in [0.25, 0.3) is 0 Å². The minimum Gasteiger partial charge on any atom is -0.290 e. The van der Waals surface area contributed by atoms with Crippen LogP contribution >= 0.6 is 27.5 Å². The number of nitrogens with zero attached hydrogens (tertiary/aromatic N) is 3. The Kier molecular flexibility index (Phi) is 3.88. The Hall–Kier alpha value is -1.53. The summed E-state index contributed by atoms with van der Waals surface area (Å²) < 4.78 is 0.582. The highest BCUT2D eigenvalue weighted by molar-refractivity contribution is 9.10. The predicted octanol–water partition coefficient (Wildman–Crippen LogP) is 2.85. The van der Waals surface area contributed by atoms with Crippen molar-refractivity contribution in [1.82, 2.24) is 15.0 Å². The van der Waals surface area contributed by atoms with Gasteiger partial charge in [0, 0.05) is 17.5 Å². The monoisotopic (exact) mass is 326 g/mol. The molecule has 0 saturated heterocycles. The van der Waals surface area contributed by atoms with Gasteiger partial charge < -0.3 is 0 Å². The number of aryl methyl sites for hydroxylation is 1. The minimum absolute atomic E-state index is 0.179. The number of hydrogen-bond donors (Lipinski definition) is 1. The van der Waals surface area contributed by atoms with Crippen molar-refractivity contribution < 1.29 is 4.79 Å². The smallest absolute Gasteiger partial charge is 0.258 e. The van der Waals surface area contributed by atoms with E-state index in [1.54, 1.807) is 25.1 Å². The van der Waals surface area contributed by atoms with Crippen LogP contribution in [0.2, 0.25) is 5.15 Å². The van der Waals surface area contributed by atoms with Crippen molar-refractivity contribution in [2.75, 3.05) is 5.32 Å². The first-order valence-corrected chi connectivity index (χ1v) is 6.16. The highest BCUT2D eigenvalue weighted by atomic mass is 79.9. The largest absolute Gasteiger partial charge is 0.290 e. The molecule has 0 unspecified atom stereocenters. The number of hydrogen-bond acceptors (Lipinski definition) is 4. The van der Waals surface area contributed by atoms with Gasteiger partial charge in [-0.3, -0.25) is 10.1 Å². The standard InChI is InChI=1S/C11H8BrClN4O/c1-6-4-9(13)16-11(15-6)17-10(18)7-2-3-14-8(12)5-7/h2-5H,1H3,(H,15,16,17,18). The lowest BCUT2D eigenvalue weighted by Crippen LogP contribution is -2.14. The number of rotatable bonds is 2. The summed E-state index contributed by atoms with van der Waals surface area (Å²) in [6.07, 6.45) is 1.53. The quantitative estimate of drug-likeness (QED) is 0.680. The van der Waals surface area contributed by atoms with E-state index in [-0.39, 0.29) is 17.0 Å².